The van der Waals surface area contributed by atoms with Crippen molar-refractivity contribution < 1.29 is 9.53 Å². The number of aromatic nitrogens is 1. The van der Waals surface area contributed by atoms with Crippen molar-refractivity contribution in [3.05, 3.63) is 60.3 Å². The Morgan fingerprint density at radius 1 is 1.05 bits per heavy atom. The van der Waals surface area contributed by atoms with E-state index in [0.717, 1.165) is 20.7 Å². The number of hydrogen-bond acceptors (Lipinski definition) is 3. The van der Waals surface area contributed by atoms with Crippen LogP contribution in [0.2, 0.25) is 0 Å². The van der Waals surface area contributed by atoms with Gasteiger partial charge in [0.2, 0.25) is 0 Å². The first kappa shape index (κ1) is 12.8. The van der Waals surface area contributed by atoms with Crippen molar-refractivity contribution in [2.75, 3.05) is 7.11 Å². The van der Waals surface area contributed by atoms with Crippen LogP contribution in [0.25, 0.3) is 10.9 Å². The SMILES string of the molecule is COC(=O)c1ccccc1Sc1c[nH]c2ccccc12. The number of benzene rings is 2. The van der Waals surface area contributed by atoms with Gasteiger partial charge in [0, 0.05) is 26.9 Å². The molecule has 0 aliphatic rings. The van der Waals surface area contributed by atoms with E-state index in [1.165, 1.54) is 7.11 Å². The first-order valence-electron chi connectivity index (χ1n) is 6.21. The summed E-state index contributed by atoms with van der Waals surface area (Å²) in [7, 11) is 1.40. The second-order valence-electron chi connectivity index (χ2n) is 4.29. The maximum Gasteiger partial charge on any atom is 0.339 e. The van der Waals surface area contributed by atoms with Crippen LogP contribution in [-0.2, 0) is 4.74 Å². The number of hydrogen-bond donors (Lipinski definition) is 1. The van der Waals surface area contributed by atoms with E-state index < -0.39 is 0 Å². The molecular weight excluding hydrogens is 270 g/mol. The number of fused-ring (bicyclic) bond motifs is 1. The van der Waals surface area contributed by atoms with Crippen molar-refractivity contribution in [3.8, 4) is 0 Å². The summed E-state index contributed by atoms with van der Waals surface area (Å²) < 4.78 is 4.82. The Kier molecular flexibility index (Phi) is 3.48. The van der Waals surface area contributed by atoms with E-state index >= 15 is 0 Å². The van der Waals surface area contributed by atoms with Gasteiger partial charge in [-0.3, -0.25) is 0 Å². The van der Waals surface area contributed by atoms with E-state index in [2.05, 4.69) is 11.1 Å². The molecule has 0 fully saturated rings. The van der Waals surface area contributed by atoms with Crippen LogP contribution < -0.4 is 0 Å². The molecule has 0 bridgehead atoms. The van der Waals surface area contributed by atoms with Gasteiger partial charge in [0.25, 0.3) is 0 Å². The number of aromatic amines is 1. The zero-order valence-corrected chi connectivity index (χ0v) is 11.7. The standard InChI is InChI=1S/C16H13NO2S/c1-19-16(18)12-7-3-5-9-14(12)20-15-10-17-13-8-4-2-6-11(13)15/h2-10,17H,1H3. The molecule has 0 amide bonds. The fourth-order valence-electron chi connectivity index (χ4n) is 2.08. The second kappa shape index (κ2) is 5.43. The fraction of sp³-hybridized carbons (Fsp3) is 0.0625. The number of H-pyrrole nitrogens is 1. The van der Waals surface area contributed by atoms with Crippen LogP contribution >= 0.6 is 11.8 Å². The van der Waals surface area contributed by atoms with Gasteiger partial charge >= 0.3 is 5.97 Å². The van der Waals surface area contributed by atoms with Gasteiger partial charge in [0.15, 0.2) is 0 Å². The summed E-state index contributed by atoms with van der Waals surface area (Å²) in [6.07, 6.45) is 1.96. The Labute approximate surface area is 121 Å². The Hall–Kier alpha value is -2.20. The molecule has 0 spiro atoms. The number of ether oxygens (including phenoxy) is 1. The van der Waals surface area contributed by atoms with Crippen molar-refractivity contribution in [2.24, 2.45) is 0 Å². The maximum absolute atomic E-state index is 11.8. The smallest absolute Gasteiger partial charge is 0.339 e. The highest BCUT2D eigenvalue weighted by atomic mass is 32.2. The average molecular weight is 283 g/mol. The molecule has 1 N–H and O–H groups in total. The van der Waals surface area contributed by atoms with Gasteiger partial charge in [0.05, 0.1) is 12.7 Å². The highest BCUT2D eigenvalue weighted by molar-refractivity contribution is 7.99. The first-order chi connectivity index (χ1) is 9.79. The third kappa shape index (κ3) is 2.30. The summed E-state index contributed by atoms with van der Waals surface area (Å²) in [5, 5.41) is 1.15. The van der Waals surface area contributed by atoms with Gasteiger partial charge in [-0.1, -0.05) is 42.1 Å². The summed E-state index contributed by atoms with van der Waals surface area (Å²) in [4.78, 5) is 17.0. The highest BCUT2D eigenvalue weighted by Gasteiger charge is 2.13. The molecule has 100 valence electrons. The van der Waals surface area contributed by atoms with Crippen molar-refractivity contribution in [2.45, 2.75) is 9.79 Å². The van der Waals surface area contributed by atoms with Crippen LogP contribution in [0.5, 0.6) is 0 Å². The predicted molar refractivity (Wildman–Crippen MR) is 80.2 cm³/mol. The van der Waals surface area contributed by atoms with Gasteiger partial charge < -0.3 is 9.72 Å². The van der Waals surface area contributed by atoms with Crippen LogP contribution in [0.1, 0.15) is 10.4 Å². The minimum Gasteiger partial charge on any atom is -0.465 e. The molecule has 1 aromatic heterocycles. The van der Waals surface area contributed by atoms with Crippen LogP contribution in [0.15, 0.2) is 64.5 Å². The monoisotopic (exact) mass is 283 g/mol. The Balaban J connectivity index is 2.01. The third-order valence-electron chi connectivity index (χ3n) is 3.06. The van der Waals surface area contributed by atoms with E-state index in [4.69, 9.17) is 4.74 Å². The molecule has 3 aromatic rings. The average Bonchev–Trinajstić information content (AvgIpc) is 2.90. The number of methoxy groups -OCH3 is 1. The highest BCUT2D eigenvalue weighted by Crippen LogP contribution is 2.35. The van der Waals surface area contributed by atoms with E-state index in [0.29, 0.717) is 5.56 Å². The van der Waals surface area contributed by atoms with Gasteiger partial charge in [0.1, 0.15) is 0 Å². The molecule has 0 aliphatic heterocycles. The molecule has 0 saturated carbocycles. The largest absolute Gasteiger partial charge is 0.465 e. The lowest BCUT2D eigenvalue weighted by Crippen LogP contribution is -2.02. The molecule has 3 rings (SSSR count). The zero-order valence-electron chi connectivity index (χ0n) is 10.9. The molecule has 0 saturated heterocycles. The number of esters is 1. The minimum atomic E-state index is -0.312. The fourth-order valence-corrected chi connectivity index (χ4v) is 3.13. The lowest BCUT2D eigenvalue weighted by Gasteiger charge is -2.06. The van der Waals surface area contributed by atoms with Crippen LogP contribution in [0.3, 0.4) is 0 Å². The molecule has 0 radical (unpaired) electrons. The molecule has 0 atom stereocenters. The molecule has 1 heterocycles. The molecule has 0 unspecified atom stereocenters. The lowest BCUT2D eigenvalue weighted by molar-refractivity contribution is 0.0597. The molecule has 3 nitrogen and oxygen atoms in total. The molecule has 2 aromatic carbocycles. The van der Waals surface area contributed by atoms with E-state index in [1.807, 2.05) is 42.6 Å². The van der Waals surface area contributed by atoms with Crippen molar-refractivity contribution in [1.29, 1.82) is 0 Å². The Morgan fingerprint density at radius 3 is 2.65 bits per heavy atom. The zero-order chi connectivity index (χ0) is 13.9. The number of nitrogens with one attached hydrogen (secondary N) is 1. The Morgan fingerprint density at radius 2 is 1.80 bits per heavy atom. The van der Waals surface area contributed by atoms with Crippen LogP contribution in [0, 0.1) is 0 Å². The van der Waals surface area contributed by atoms with Gasteiger partial charge in [-0.05, 0) is 18.2 Å². The Bertz CT molecular complexity index is 764. The summed E-state index contributed by atoms with van der Waals surface area (Å²) in [6.45, 7) is 0. The molecule has 20 heavy (non-hydrogen) atoms. The van der Waals surface area contributed by atoms with Crippen LogP contribution in [0.4, 0.5) is 0 Å². The first-order valence-corrected chi connectivity index (χ1v) is 7.02. The summed E-state index contributed by atoms with van der Waals surface area (Å²) in [5.41, 5.74) is 1.68. The van der Waals surface area contributed by atoms with E-state index in [9.17, 15) is 4.79 Å². The quantitative estimate of drug-likeness (QED) is 0.736. The van der Waals surface area contributed by atoms with E-state index in [-0.39, 0.29) is 5.97 Å². The molecule has 0 aliphatic carbocycles. The van der Waals surface area contributed by atoms with Crippen molar-refractivity contribution in [3.63, 3.8) is 0 Å². The normalized spacial score (nSPS) is 10.7. The second-order valence-corrected chi connectivity index (χ2v) is 5.37. The maximum atomic E-state index is 11.8. The number of para-hydroxylation sites is 1. The number of carbonyl (C=O) groups is 1. The summed E-state index contributed by atoms with van der Waals surface area (Å²) >= 11 is 1.56. The number of carbonyl (C=O) groups excluding carboxylic acids is 1. The summed E-state index contributed by atoms with van der Waals surface area (Å²) in [6, 6.07) is 15.6. The topological polar surface area (TPSA) is 42.1 Å². The predicted octanol–water partition coefficient (Wildman–Crippen LogP) is 4.11. The van der Waals surface area contributed by atoms with Crippen molar-refractivity contribution in [1.82, 2.24) is 4.98 Å². The van der Waals surface area contributed by atoms with Gasteiger partial charge in [-0.15, -0.1) is 0 Å². The van der Waals surface area contributed by atoms with Crippen LogP contribution in [-0.4, -0.2) is 18.1 Å². The third-order valence-corrected chi connectivity index (χ3v) is 4.20. The van der Waals surface area contributed by atoms with Gasteiger partial charge in [-0.2, -0.15) is 0 Å². The van der Waals surface area contributed by atoms with Crippen molar-refractivity contribution >= 4 is 28.6 Å². The van der Waals surface area contributed by atoms with Gasteiger partial charge in [-0.25, -0.2) is 4.79 Å². The molecule has 4 heteroatoms. The number of rotatable bonds is 3. The molecular formula is C16H13NO2S. The lowest BCUT2D eigenvalue weighted by atomic mass is 10.2. The summed E-state index contributed by atoms with van der Waals surface area (Å²) in [5.74, 6) is -0.312. The van der Waals surface area contributed by atoms with E-state index in [1.54, 1.807) is 17.8 Å². The minimum absolute atomic E-state index is 0.312.